The van der Waals surface area contributed by atoms with E-state index in [1.807, 2.05) is 18.2 Å². The smallest absolute Gasteiger partial charge is 0.268 e. The third kappa shape index (κ3) is 2.81. The van der Waals surface area contributed by atoms with Crippen molar-refractivity contribution >= 4 is 5.82 Å². The van der Waals surface area contributed by atoms with Gasteiger partial charge in [-0.15, -0.1) is 0 Å². The van der Waals surface area contributed by atoms with Gasteiger partial charge in [0.05, 0.1) is 0 Å². The minimum atomic E-state index is -0.651. The van der Waals surface area contributed by atoms with Crippen LogP contribution in [0.1, 0.15) is 16.7 Å². The lowest BCUT2D eigenvalue weighted by Crippen LogP contribution is -2.16. The van der Waals surface area contributed by atoms with Crippen LogP contribution in [0.4, 0.5) is 10.2 Å². The maximum absolute atomic E-state index is 13.5. The van der Waals surface area contributed by atoms with Crippen molar-refractivity contribution in [3.63, 3.8) is 0 Å². The van der Waals surface area contributed by atoms with E-state index in [9.17, 15) is 19.7 Å². The zero-order valence-corrected chi connectivity index (χ0v) is 13.8. The van der Waals surface area contributed by atoms with Crippen LogP contribution in [0.3, 0.4) is 0 Å². The number of hydrogen-bond donors (Lipinski definition) is 2. The molecule has 1 aromatic heterocycles. The van der Waals surface area contributed by atoms with Gasteiger partial charge >= 0.3 is 0 Å². The van der Waals surface area contributed by atoms with Crippen LogP contribution in [0, 0.1) is 35.4 Å². The lowest BCUT2D eigenvalue weighted by molar-refractivity contribution is 0.619. The summed E-state index contributed by atoms with van der Waals surface area (Å²) in [6.45, 7) is 1.67. The topological polar surface area (TPSA) is 106 Å². The number of nitriles is 2. The highest BCUT2D eigenvalue weighted by Gasteiger charge is 2.18. The molecule has 0 spiro atoms. The maximum Gasteiger partial charge on any atom is 0.268 e. The molecule has 3 aromatic rings. The highest BCUT2D eigenvalue weighted by atomic mass is 19.1. The number of benzene rings is 2. The Balaban J connectivity index is 2.28. The second-order valence-corrected chi connectivity index (χ2v) is 5.76. The van der Waals surface area contributed by atoms with Gasteiger partial charge in [0.1, 0.15) is 34.9 Å². The number of nitrogens with zero attached hydrogens (tertiary/aromatic N) is 2. The normalized spacial score (nSPS) is 10.2. The van der Waals surface area contributed by atoms with Gasteiger partial charge in [0.2, 0.25) is 0 Å². The monoisotopic (exact) mass is 344 g/mol. The molecular weight excluding hydrogens is 331 g/mol. The van der Waals surface area contributed by atoms with E-state index in [1.165, 1.54) is 6.07 Å². The SMILES string of the molecule is Cc1cc(-c2cccc(-c3c(C#N)c(N)[nH]c(=O)c3C#N)c2)ccc1F. The number of aromatic amines is 1. The van der Waals surface area contributed by atoms with E-state index < -0.39 is 5.56 Å². The number of H-pyrrole nitrogens is 1. The molecule has 0 atom stereocenters. The van der Waals surface area contributed by atoms with Crippen molar-refractivity contribution in [1.82, 2.24) is 4.98 Å². The average Bonchev–Trinajstić information content (AvgIpc) is 2.63. The number of hydrogen-bond acceptors (Lipinski definition) is 4. The predicted octanol–water partition coefficient (Wildman–Crippen LogP) is 3.48. The highest BCUT2D eigenvalue weighted by molar-refractivity contribution is 5.82. The summed E-state index contributed by atoms with van der Waals surface area (Å²) in [7, 11) is 0. The molecule has 0 bridgehead atoms. The van der Waals surface area contributed by atoms with Crippen LogP contribution < -0.4 is 11.3 Å². The Morgan fingerprint density at radius 2 is 1.65 bits per heavy atom. The number of aromatic nitrogens is 1. The molecule has 0 aliphatic carbocycles. The zero-order valence-electron chi connectivity index (χ0n) is 13.8. The first-order chi connectivity index (χ1) is 12.5. The molecule has 0 saturated carbocycles. The molecule has 0 saturated heterocycles. The van der Waals surface area contributed by atoms with Crippen LogP contribution in [-0.2, 0) is 0 Å². The Morgan fingerprint density at radius 3 is 2.31 bits per heavy atom. The van der Waals surface area contributed by atoms with Crippen LogP contribution >= 0.6 is 0 Å². The summed E-state index contributed by atoms with van der Waals surface area (Å²) >= 11 is 0. The third-order valence-electron chi connectivity index (χ3n) is 4.11. The predicted molar refractivity (Wildman–Crippen MR) is 96.5 cm³/mol. The summed E-state index contributed by atoms with van der Waals surface area (Å²) < 4.78 is 13.5. The van der Waals surface area contributed by atoms with Gasteiger partial charge < -0.3 is 10.7 Å². The van der Waals surface area contributed by atoms with E-state index in [0.29, 0.717) is 11.1 Å². The first-order valence-corrected chi connectivity index (χ1v) is 7.69. The number of pyridine rings is 1. The molecule has 0 radical (unpaired) electrons. The maximum atomic E-state index is 13.5. The first kappa shape index (κ1) is 16.9. The van der Waals surface area contributed by atoms with Crippen molar-refractivity contribution in [2.75, 3.05) is 5.73 Å². The average molecular weight is 344 g/mol. The van der Waals surface area contributed by atoms with Crippen molar-refractivity contribution in [2.45, 2.75) is 6.92 Å². The van der Waals surface area contributed by atoms with E-state index in [4.69, 9.17) is 5.73 Å². The van der Waals surface area contributed by atoms with Gasteiger partial charge in [-0.1, -0.05) is 24.3 Å². The molecule has 126 valence electrons. The van der Waals surface area contributed by atoms with Gasteiger partial charge in [-0.3, -0.25) is 4.79 Å². The highest BCUT2D eigenvalue weighted by Crippen LogP contribution is 2.31. The van der Waals surface area contributed by atoms with Gasteiger partial charge in [-0.05, 0) is 47.4 Å². The molecule has 3 N–H and O–H groups in total. The van der Waals surface area contributed by atoms with Crippen LogP contribution in [-0.4, -0.2) is 4.98 Å². The van der Waals surface area contributed by atoms with Gasteiger partial charge in [-0.25, -0.2) is 4.39 Å². The molecule has 5 nitrogen and oxygen atoms in total. The molecule has 1 heterocycles. The Kier molecular flexibility index (Phi) is 4.26. The third-order valence-corrected chi connectivity index (χ3v) is 4.11. The van der Waals surface area contributed by atoms with Gasteiger partial charge in [0.25, 0.3) is 5.56 Å². The van der Waals surface area contributed by atoms with Gasteiger partial charge in [0, 0.05) is 5.56 Å². The minimum absolute atomic E-state index is 0.0357. The molecule has 0 unspecified atom stereocenters. The minimum Gasteiger partial charge on any atom is -0.384 e. The van der Waals surface area contributed by atoms with Gasteiger partial charge in [0.15, 0.2) is 0 Å². The van der Waals surface area contributed by atoms with Crippen LogP contribution in [0.25, 0.3) is 22.3 Å². The zero-order chi connectivity index (χ0) is 18.8. The molecule has 3 rings (SSSR count). The van der Waals surface area contributed by atoms with Crippen LogP contribution in [0.5, 0.6) is 0 Å². The Morgan fingerprint density at radius 1 is 1.00 bits per heavy atom. The lowest BCUT2D eigenvalue weighted by Gasteiger charge is -2.11. The lowest BCUT2D eigenvalue weighted by atomic mass is 9.93. The second-order valence-electron chi connectivity index (χ2n) is 5.76. The van der Waals surface area contributed by atoms with Crippen molar-refractivity contribution in [3.05, 3.63) is 75.3 Å². The summed E-state index contributed by atoms with van der Waals surface area (Å²) in [4.78, 5) is 14.4. The van der Waals surface area contributed by atoms with E-state index in [1.54, 1.807) is 37.3 Å². The fraction of sp³-hybridized carbons (Fsp3) is 0.0500. The first-order valence-electron chi connectivity index (χ1n) is 7.69. The fourth-order valence-corrected chi connectivity index (χ4v) is 2.81. The van der Waals surface area contributed by atoms with E-state index in [0.717, 1.165) is 11.1 Å². The van der Waals surface area contributed by atoms with Crippen LogP contribution in [0.2, 0.25) is 0 Å². The standard InChI is InChI=1S/C20H13FN4O/c1-11-7-13(5-6-17(11)21)12-3-2-4-14(8-12)18-15(9-22)19(24)25-20(26)16(18)10-23/h2-8H,1H3,(H3,24,25,26). The molecule has 0 fully saturated rings. The van der Waals surface area contributed by atoms with Crippen LogP contribution in [0.15, 0.2) is 47.3 Å². The molecule has 0 amide bonds. The summed E-state index contributed by atoms with van der Waals surface area (Å²) in [5.74, 6) is -0.389. The van der Waals surface area contributed by atoms with Gasteiger partial charge in [-0.2, -0.15) is 10.5 Å². The Hall–Kier alpha value is -3.90. The number of nitrogen functional groups attached to an aromatic ring is 1. The summed E-state index contributed by atoms with van der Waals surface area (Å²) in [5, 5.41) is 18.8. The van der Waals surface area contributed by atoms with Crippen molar-refractivity contribution < 1.29 is 4.39 Å². The van der Waals surface area contributed by atoms with Crippen molar-refractivity contribution in [3.8, 4) is 34.4 Å². The quantitative estimate of drug-likeness (QED) is 0.742. The van der Waals surface area contributed by atoms with Crippen molar-refractivity contribution in [2.24, 2.45) is 0 Å². The number of nitrogens with two attached hydrogens (primary N) is 1. The number of anilines is 1. The number of aryl methyl sites for hydroxylation is 1. The molecule has 6 heteroatoms. The molecule has 2 aromatic carbocycles. The van der Waals surface area contributed by atoms with E-state index in [2.05, 4.69) is 4.98 Å². The Bertz CT molecular complexity index is 1170. The fourth-order valence-electron chi connectivity index (χ4n) is 2.81. The molecule has 0 aliphatic heterocycles. The summed E-state index contributed by atoms with van der Waals surface area (Å²) in [5.41, 5.74) is 7.70. The van der Waals surface area contributed by atoms with E-state index in [-0.39, 0.29) is 28.3 Å². The van der Waals surface area contributed by atoms with Crippen molar-refractivity contribution in [1.29, 1.82) is 10.5 Å². The number of nitrogens with one attached hydrogen (secondary N) is 1. The Labute approximate surface area is 148 Å². The number of rotatable bonds is 2. The molecule has 0 aliphatic rings. The second kappa shape index (κ2) is 6.54. The molecular formula is C20H13FN4O. The summed E-state index contributed by atoms with van der Waals surface area (Å²) in [6, 6.07) is 15.5. The number of halogens is 1. The largest absolute Gasteiger partial charge is 0.384 e. The summed E-state index contributed by atoms with van der Waals surface area (Å²) in [6.07, 6.45) is 0. The molecule has 26 heavy (non-hydrogen) atoms. The van der Waals surface area contributed by atoms with E-state index >= 15 is 0 Å².